The minimum atomic E-state index is -3.06. The summed E-state index contributed by atoms with van der Waals surface area (Å²) in [5.74, 6) is -1.03. The van der Waals surface area contributed by atoms with Gasteiger partial charge in [0.15, 0.2) is 0 Å². The summed E-state index contributed by atoms with van der Waals surface area (Å²) in [6.07, 6.45) is 0.561. The van der Waals surface area contributed by atoms with Crippen LogP contribution in [0.1, 0.15) is 27.3 Å². The Bertz CT molecular complexity index is 722. The standard InChI is InChI=1S/C17H20F2N2O3/c1-10-4-5-11(2)21(10)7-6-12-8-13(23-3)15(16(20)22)14(9-12)24-17(18)19/h4-5,8-9,17H,6-7H2,1-3H3,(H2,20,22). The van der Waals surface area contributed by atoms with Crippen molar-refractivity contribution in [3.05, 3.63) is 46.8 Å². The van der Waals surface area contributed by atoms with Crippen LogP contribution in [-0.4, -0.2) is 24.2 Å². The lowest BCUT2D eigenvalue weighted by atomic mass is 10.1. The fourth-order valence-electron chi connectivity index (χ4n) is 2.67. The molecule has 1 aromatic carbocycles. The molecule has 0 unspecified atom stereocenters. The maximum Gasteiger partial charge on any atom is 0.387 e. The van der Waals surface area contributed by atoms with Crippen molar-refractivity contribution < 1.29 is 23.0 Å². The van der Waals surface area contributed by atoms with Crippen LogP contribution in [0.4, 0.5) is 8.78 Å². The normalized spacial score (nSPS) is 10.9. The predicted octanol–water partition coefficient (Wildman–Crippen LogP) is 3.06. The van der Waals surface area contributed by atoms with Crippen LogP contribution >= 0.6 is 0 Å². The Hall–Kier alpha value is -2.57. The summed E-state index contributed by atoms with van der Waals surface area (Å²) in [7, 11) is 1.35. The van der Waals surface area contributed by atoms with E-state index in [2.05, 4.69) is 9.30 Å². The molecule has 0 bridgehead atoms. The first kappa shape index (κ1) is 17.8. The lowest BCUT2D eigenvalue weighted by Crippen LogP contribution is -2.16. The molecule has 0 spiro atoms. The van der Waals surface area contributed by atoms with Gasteiger partial charge >= 0.3 is 6.61 Å². The van der Waals surface area contributed by atoms with Crippen LogP contribution in [0, 0.1) is 13.8 Å². The van der Waals surface area contributed by atoms with Gasteiger partial charge in [-0.05, 0) is 50.1 Å². The summed E-state index contributed by atoms with van der Waals surface area (Å²) in [6, 6.07) is 7.05. The highest BCUT2D eigenvalue weighted by Crippen LogP contribution is 2.32. The number of carbonyl (C=O) groups excluding carboxylic acids is 1. The highest BCUT2D eigenvalue weighted by Gasteiger charge is 2.20. The number of amides is 1. The average Bonchev–Trinajstić information content (AvgIpc) is 2.82. The Morgan fingerprint density at radius 2 is 1.79 bits per heavy atom. The summed E-state index contributed by atoms with van der Waals surface area (Å²) in [5, 5.41) is 0. The quantitative estimate of drug-likeness (QED) is 0.844. The molecule has 2 aromatic rings. The molecule has 1 aromatic heterocycles. The summed E-state index contributed by atoms with van der Waals surface area (Å²) < 4.78 is 36.9. The lowest BCUT2D eigenvalue weighted by Gasteiger charge is -2.15. The summed E-state index contributed by atoms with van der Waals surface area (Å²) in [5.41, 5.74) is 8.00. The zero-order valence-corrected chi connectivity index (χ0v) is 13.8. The van der Waals surface area contributed by atoms with Crippen LogP contribution in [0.3, 0.4) is 0 Å². The second-order valence-corrected chi connectivity index (χ2v) is 5.43. The predicted molar refractivity (Wildman–Crippen MR) is 85.8 cm³/mol. The highest BCUT2D eigenvalue weighted by atomic mass is 19.3. The molecule has 0 saturated heterocycles. The molecule has 2 rings (SSSR count). The van der Waals surface area contributed by atoms with Gasteiger partial charge in [-0.15, -0.1) is 0 Å². The number of alkyl halides is 2. The van der Waals surface area contributed by atoms with Crippen molar-refractivity contribution >= 4 is 5.91 Å². The van der Waals surface area contributed by atoms with Crippen molar-refractivity contribution in [2.75, 3.05) is 7.11 Å². The van der Waals surface area contributed by atoms with Gasteiger partial charge in [-0.2, -0.15) is 8.78 Å². The van der Waals surface area contributed by atoms with Crippen molar-refractivity contribution in [1.29, 1.82) is 0 Å². The number of primary amides is 1. The third-order valence-electron chi connectivity index (χ3n) is 3.85. The van der Waals surface area contributed by atoms with E-state index in [-0.39, 0.29) is 17.1 Å². The molecular weight excluding hydrogens is 318 g/mol. The van der Waals surface area contributed by atoms with Crippen molar-refractivity contribution in [2.24, 2.45) is 5.73 Å². The van der Waals surface area contributed by atoms with Gasteiger partial charge in [-0.3, -0.25) is 4.79 Å². The summed E-state index contributed by atoms with van der Waals surface area (Å²) in [4.78, 5) is 11.5. The van der Waals surface area contributed by atoms with E-state index in [1.807, 2.05) is 26.0 Å². The zero-order valence-electron chi connectivity index (χ0n) is 13.8. The molecule has 130 valence electrons. The first-order valence-electron chi connectivity index (χ1n) is 7.41. The number of aryl methyl sites for hydroxylation is 3. The van der Waals surface area contributed by atoms with Gasteiger partial charge in [-0.1, -0.05) is 0 Å². The molecule has 5 nitrogen and oxygen atoms in total. The smallest absolute Gasteiger partial charge is 0.387 e. The molecule has 0 aliphatic rings. The Morgan fingerprint density at radius 3 is 2.29 bits per heavy atom. The third-order valence-corrected chi connectivity index (χ3v) is 3.85. The number of nitrogens with two attached hydrogens (primary N) is 1. The Labute approximate surface area is 139 Å². The van der Waals surface area contributed by atoms with Gasteiger partial charge in [0.25, 0.3) is 5.91 Å². The lowest BCUT2D eigenvalue weighted by molar-refractivity contribution is -0.0502. The van der Waals surface area contributed by atoms with Gasteiger partial charge in [0.2, 0.25) is 0 Å². The van der Waals surface area contributed by atoms with Crippen LogP contribution in [0.5, 0.6) is 11.5 Å². The molecule has 0 saturated carbocycles. The van der Waals surface area contributed by atoms with Gasteiger partial charge in [0.05, 0.1) is 7.11 Å². The van der Waals surface area contributed by atoms with E-state index in [1.54, 1.807) is 6.07 Å². The summed E-state index contributed by atoms with van der Waals surface area (Å²) in [6.45, 7) is 1.60. The number of carbonyl (C=O) groups is 1. The van der Waals surface area contributed by atoms with Crippen molar-refractivity contribution in [1.82, 2.24) is 4.57 Å². The van der Waals surface area contributed by atoms with E-state index >= 15 is 0 Å². The van der Waals surface area contributed by atoms with E-state index in [1.165, 1.54) is 13.2 Å². The minimum absolute atomic E-state index is 0.122. The van der Waals surface area contributed by atoms with E-state index in [4.69, 9.17) is 10.5 Å². The van der Waals surface area contributed by atoms with Gasteiger partial charge in [0.1, 0.15) is 17.1 Å². The molecule has 1 heterocycles. The molecule has 0 atom stereocenters. The van der Waals surface area contributed by atoms with Crippen molar-refractivity contribution in [3.8, 4) is 11.5 Å². The number of nitrogens with zero attached hydrogens (tertiary/aromatic N) is 1. The van der Waals surface area contributed by atoms with Gasteiger partial charge in [-0.25, -0.2) is 0 Å². The largest absolute Gasteiger partial charge is 0.496 e. The Kier molecular flexibility index (Phi) is 5.43. The first-order chi connectivity index (χ1) is 11.3. The molecule has 2 N–H and O–H groups in total. The molecule has 0 aliphatic heterocycles. The molecule has 0 aliphatic carbocycles. The topological polar surface area (TPSA) is 66.5 Å². The van der Waals surface area contributed by atoms with Crippen molar-refractivity contribution in [3.63, 3.8) is 0 Å². The first-order valence-corrected chi connectivity index (χ1v) is 7.41. The summed E-state index contributed by atoms with van der Waals surface area (Å²) >= 11 is 0. The van der Waals surface area contributed by atoms with E-state index in [0.29, 0.717) is 18.5 Å². The highest BCUT2D eigenvalue weighted by molar-refractivity contribution is 5.98. The Morgan fingerprint density at radius 1 is 1.21 bits per heavy atom. The molecule has 7 heteroatoms. The average molecular weight is 338 g/mol. The number of hydrogen-bond donors (Lipinski definition) is 1. The van der Waals surface area contributed by atoms with E-state index < -0.39 is 12.5 Å². The van der Waals surface area contributed by atoms with Crippen LogP contribution in [0.15, 0.2) is 24.3 Å². The van der Waals surface area contributed by atoms with Gasteiger partial charge in [0, 0.05) is 17.9 Å². The van der Waals surface area contributed by atoms with Crippen molar-refractivity contribution in [2.45, 2.75) is 33.4 Å². The van der Waals surface area contributed by atoms with Gasteiger partial charge < -0.3 is 19.8 Å². The van der Waals surface area contributed by atoms with Crippen LogP contribution < -0.4 is 15.2 Å². The number of halogens is 2. The number of ether oxygens (including phenoxy) is 2. The second-order valence-electron chi connectivity index (χ2n) is 5.43. The zero-order chi connectivity index (χ0) is 17.9. The number of aromatic nitrogens is 1. The fraction of sp³-hybridized carbons (Fsp3) is 0.353. The van der Waals surface area contributed by atoms with Crippen LogP contribution in [0.25, 0.3) is 0 Å². The molecule has 0 radical (unpaired) electrons. The SMILES string of the molecule is COc1cc(CCn2c(C)ccc2C)cc(OC(F)F)c1C(N)=O. The number of rotatable bonds is 7. The molecule has 24 heavy (non-hydrogen) atoms. The third kappa shape index (κ3) is 3.84. The van der Waals surface area contributed by atoms with Crippen LogP contribution in [0.2, 0.25) is 0 Å². The monoisotopic (exact) mass is 338 g/mol. The second kappa shape index (κ2) is 7.33. The Balaban J connectivity index is 2.34. The van der Waals surface area contributed by atoms with E-state index in [9.17, 15) is 13.6 Å². The maximum absolute atomic E-state index is 12.6. The molecular formula is C17H20F2N2O3. The number of methoxy groups -OCH3 is 1. The number of hydrogen-bond acceptors (Lipinski definition) is 3. The van der Waals surface area contributed by atoms with Crippen LogP contribution in [-0.2, 0) is 13.0 Å². The number of benzene rings is 1. The van der Waals surface area contributed by atoms with E-state index in [0.717, 1.165) is 11.4 Å². The molecule has 1 amide bonds. The fourth-order valence-corrected chi connectivity index (χ4v) is 2.67. The minimum Gasteiger partial charge on any atom is -0.496 e. The molecule has 0 fully saturated rings. The maximum atomic E-state index is 12.6.